The van der Waals surface area contributed by atoms with Gasteiger partial charge < -0.3 is 24.1 Å². The summed E-state index contributed by atoms with van der Waals surface area (Å²) in [5.41, 5.74) is -1.33. The molecule has 0 aliphatic carbocycles. The molecule has 2 aliphatic heterocycles. The second kappa shape index (κ2) is 8.31. The van der Waals surface area contributed by atoms with Crippen LogP contribution in [0, 0.1) is 5.92 Å². The minimum Gasteiger partial charge on any atom is -0.479 e. The van der Waals surface area contributed by atoms with Crippen molar-refractivity contribution < 1.29 is 62.9 Å². The third-order valence-corrected chi connectivity index (χ3v) is 3.79. The zero-order chi connectivity index (χ0) is 16.4. The predicted octanol–water partition coefficient (Wildman–Crippen LogP) is 1.94. The molecular weight excluding hydrogens is 365 g/mol. The normalized spacial score (nSPS) is 34.1. The Balaban J connectivity index is 0.00000264. The Bertz CT molecular complexity index is 449. The summed E-state index contributed by atoms with van der Waals surface area (Å²) < 4.78 is 29.7. The zero-order valence-electron chi connectivity index (χ0n) is 14.3. The fourth-order valence-corrected chi connectivity index (χ4v) is 2.67. The van der Waals surface area contributed by atoms with Gasteiger partial charge in [-0.1, -0.05) is 19.1 Å². The molecule has 0 spiro atoms. The van der Waals surface area contributed by atoms with Crippen molar-refractivity contribution in [3.8, 4) is 0 Å². The molecule has 0 saturated carbocycles. The first-order valence-corrected chi connectivity index (χ1v) is 7.25. The van der Waals surface area contributed by atoms with Crippen LogP contribution in [0.2, 0.25) is 0 Å². The van der Waals surface area contributed by atoms with Crippen LogP contribution in [0.3, 0.4) is 0 Å². The molecule has 2 rings (SSSR count). The number of carbonyl (C=O) groups is 1. The molecule has 0 amide bonds. The van der Waals surface area contributed by atoms with Gasteiger partial charge in [0.15, 0.2) is 17.7 Å². The van der Waals surface area contributed by atoms with Crippen LogP contribution in [0.5, 0.6) is 0 Å². The van der Waals surface area contributed by atoms with E-state index in [2.05, 4.69) is 0 Å². The third kappa shape index (κ3) is 4.59. The van der Waals surface area contributed by atoms with Gasteiger partial charge in [0.1, 0.15) is 0 Å². The first-order chi connectivity index (χ1) is 10.2. The summed E-state index contributed by atoms with van der Waals surface area (Å²) in [4.78, 5) is 11.8. The van der Waals surface area contributed by atoms with Crippen LogP contribution in [-0.4, -0.2) is 48.6 Å². The molecule has 0 bridgehead atoms. The topological polar surface area (TPSA) is 74.2 Å². The largest absolute Gasteiger partial charge is 0.479 e. The van der Waals surface area contributed by atoms with Gasteiger partial charge in [0.2, 0.25) is 0 Å². The van der Waals surface area contributed by atoms with E-state index in [9.17, 15) is 9.90 Å². The van der Waals surface area contributed by atoms with Gasteiger partial charge in [-0.25, -0.2) is 4.79 Å². The number of hydrogen-bond acceptors (Lipinski definition) is 5. The maximum atomic E-state index is 11.8. The number of carboxylic acid groups (broad SMARTS) is 1. The van der Waals surface area contributed by atoms with Crippen molar-refractivity contribution in [1.82, 2.24) is 0 Å². The average molecular weight is 390 g/mol. The Morgan fingerprint density at radius 2 is 2.05 bits per heavy atom. The number of aliphatic carboxylic acids is 1. The Labute approximate surface area is 157 Å². The molecule has 0 aromatic heterocycles. The molecule has 6 nitrogen and oxygen atoms in total. The summed E-state index contributed by atoms with van der Waals surface area (Å²) in [7, 11) is 0. The van der Waals surface area contributed by atoms with E-state index in [-0.39, 0.29) is 45.7 Å². The van der Waals surface area contributed by atoms with Gasteiger partial charge in [0.05, 0.1) is 21.2 Å². The molecule has 2 saturated heterocycles. The van der Waals surface area contributed by atoms with Gasteiger partial charge in [-0.05, 0) is 20.3 Å². The summed E-state index contributed by atoms with van der Waals surface area (Å²) in [6.07, 6.45) is 2.62. The van der Waals surface area contributed by atoms with E-state index >= 15 is 0 Å². The third-order valence-electron chi connectivity index (χ3n) is 3.79. The van der Waals surface area contributed by atoms with Crippen LogP contribution in [0.25, 0.3) is 0 Å². The predicted molar refractivity (Wildman–Crippen MR) is 74.7 cm³/mol. The van der Waals surface area contributed by atoms with Gasteiger partial charge in [0.25, 0.3) is 0 Å². The smallest absolute Gasteiger partial charge is 0.336 e. The summed E-state index contributed by atoms with van der Waals surface area (Å²) >= 11 is 0. The van der Waals surface area contributed by atoms with Gasteiger partial charge in [-0.2, -0.15) is 0 Å². The summed E-state index contributed by atoms with van der Waals surface area (Å²) in [6, 6.07) is 0. The standard InChI is InChI=1S/C15H24O6.Y/c1-4-15(13(16)17)11(10-20-14(2,3)21-15)6-5-7-12-18-8-9-19-12;/h5-6,11-12H,4,7-10H2,1-3H3,(H,16,17);/b6-5+;/t11-,15-;/m1./s1/i12D;. The Morgan fingerprint density at radius 1 is 1.41 bits per heavy atom. The molecule has 2 aliphatic rings. The van der Waals surface area contributed by atoms with E-state index in [4.69, 9.17) is 20.3 Å². The Morgan fingerprint density at radius 3 is 2.59 bits per heavy atom. The fraction of sp³-hybridized carbons (Fsp3) is 0.800. The second-order valence-electron chi connectivity index (χ2n) is 5.67. The van der Waals surface area contributed by atoms with Gasteiger partial charge in [-0.3, -0.25) is 0 Å². The summed E-state index contributed by atoms with van der Waals surface area (Å²) in [6.45, 7) is 6.24. The van der Waals surface area contributed by atoms with Crippen molar-refractivity contribution in [3.05, 3.63) is 12.2 Å². The molecule has 0 aromatic carbocycles. The molecule has 123 valence electrons. The Kier molecular flexibility index (Phi) is 6.99. The molecule has 2 heterocycles. The van der Waals surface area contributed by atoms with Crippen molar-refractivity contribution in [2.24, 2.45) is 5.92 Å². The number of ether oxygens (including phenoxy) is 4. The minimum absolute atomic E-state index is 0. The van der Waals surface area contributed by atoms with Crippen LogP contribution >= 0.6 is 0 Å². The van der Waals surface area contributed by atoms with Crippen molar-refractivity contribution in [2.75, 3.05) is 19.8 Å². The van der Waals surface area contributed by atoms with Crippen molar-refractivity contribution >= 4 is 5.97 Å². The molecule has 1 radical (unpaired) electrons. The van der Waals surface area contributed by atoms with Crippen LogP contribution in [0.1, 0.15) is 35.0 Å². The van der Waals surface area contributed by atoms with Crippen molar-refractivity contribution in [3.63, 3.8) is 0 Å². The van der Waals surface area contributed by atoms with Crippen LogP contribution in [-0.2, 0) is 56.5 Å². The average Bonchev–Trinajstić information content (AvgIpc) is 2.86. The van der Waals surface area contributed by atoms with E-state index in [1.54, 1.807) is 32.9 Å². The molecule has 2 fully saturated rings. The number of rotatable bonds is 5. The van der Waals surface area contributed by atoms with E-state index in [0.717, 1.165) is 0 Å². The molecule has 0 unspecified atom stereocenters. The van der Waals surface area contributed by atoms with Gasteiger partial charge >= 0.3 is 5.97 Å². The second-order valence-corrected chi connectivity index (χ2v) is 5.67. The fourth-order valence-electron chi connectivity index (χ4n) is 2.67. The quantitative estimate of drug-likeness (QED) is 0.724. The first-order valence-electron chi connectivity index (χ1n) is 7.75. The zero-order valence-corrected chi connectivity index (χ0v) is 16.2. The van der Waals surface area contributed by atoms with Gasteiger partial charge in [0, 0.05) is 45.0 Å². The van der Waals surface area contributed by atoms with E-state index in [1.165, 1.54) is 0 Å². The minimum atomic E-state index is -1.37. The molecule has 0 aromatic rings. The first kappa shape index (κ1) is 18.5. The van der Waals surface area contributed by atoms with Crippen LogP contribution in [0.4, 0.5) is 0 Å². The Hall–Kier alpha value is 0.154. The maximum absolute atomic E-state index is 11.8. The molecule has 2 atom stereocenters. The van der Waals surface area contributed by atoms with Crippen LogP contribution in [0.15, 0.2) is 12.2 Å². The number of hydrogen-bond donors (Lipinski definition) is 1. The monoisotopic (exact) mass is 390 g/mol. The van der Waals surface area contributed by atoms with Crippen molar-refractivity contribution in [1.29, 1.82) is 0 Å². The van der Waals surface area contributed by atoms with E-state index in [0.29, 0.717) is 19.6 Å². The molecule has 7 heteroatoms. The molecule has 22 heavy (non-hydrogen) atoms. The number of carboxylic acids is 1. The summed E-state index contributed by atoms with van der Waals surface area (Å²) in [5.74, 6) is -2.38. The maximum Gasteiger partial charge on any atom is 0.336 e. The van der Waals surface area contributed by atoms with Gasteiger partial charge in [-0.15, -0.1) is 0 Å². The van der Waals surface area contributed by atoms with E-state index < -0.39 is 29.5 Å². The molecule has 1 N–H and O–H groups in total. The van der Waals surface area contributed by atoms with E-state index in [1.807, 2.05) is 0 Å². The van der Waals surface area contributed by atoms with Crippen molar-refractivity contribution in [2.45, 2.75) is 51.3 Å². The van der Waals surface area contributed by atoms with Crippen LogP contribution < -0.4 is 0 Å². The SMILES string of the molecule is [2H]C1(C/C=C/[C@@H]2COC(C)(C)O[C@@]2(CC)C(=O)O)OCCO1.[Y]. The summed E-state index contributed by atoms with van der Waals surface area (Å²) in [5, 5.41) is 9.65. The molecular formula is C15H24O6Y.